The Labute approximate surface area is 218 Å². The summed E-state index contributed by atoms with van der Waals surface area (Å²) in [6, 6.07) is 7.36. The lowest BCUT2D eigenvalue weighted by molar-refractivity contribution is -0.137. The van der Waals surface area contributed by atoms with Gasteiger partial charge in [0.05, 0.1) is 30.4 Å². The molecular weight excluding hydrogens is 499 g/mol. The number of benzene rings is 2. The van der Waals surface area contributed by atoms with E-state index in [0.29, 0.717) is 54.3 Å². The number of aryl methyl sites for hydroxylation is 1. The van der Waals surface area contributed by atoms with Crippen molar-refractivity contribution in [3.05, 3.63) is 70.3 Å². The van der Waals surface area contributed by atoms with Crippen LogP contribution >= 0.6 is 0 Å². The number of amides is 1. The van der Waals surface area contributed by atoms with E-state index >= 15 is 0 Å². The summed E-state index contributed by atoms with van der Waals surface area (Å²) in [4.78, 5) is 13.0. The summed E-state index contributed by atoms with van der Waals surface area (Å²) in [6.45, 7) is 4.79. The van der Waals surface area contributed by atoms with E-state index < -0.39 is 23.3 Å². The van der Waals surface area contributed by atoms with Crippen LogP contribution in [0, 0.1) is 0 Å². The van der Waals surface area contributed by atoms with Gasteiger partial charge in [-0.2, -0.15) is 13.2 Å². The van der Waals surface area contributed by atoms with E-state index in [0.717, 1.165) is 12.1 Å². The van der Waals surface area contributed by atoms with Gasteiger partial charge in [-0.3, -0.25) is 4.79 Å². The van der Waals surface area contributed by atoms with Crippen LogP contribution in [-0.2, 0) is 36.3 Å². The molecule has 2 aliphatic heterocycles. The Hall–Kier alpha value is -3.28. The highest BCUT2D eigenvalue weighted by Gasteiger charge is 2.45. The molecule has 1 atom stereocenters. The summed E-state index contributed by atoms with van der Waals surface area (Å²) in [5, 5.41) is 24.8. The van der Waals surface area contributed by atoms with Gasteiger partial charge >= 0.3 is 6.18 Å². The van der Waals surface area contributed by atoms with Crippen molar-refractivity contribution in [2.24, 2.45) is 7.05 Å². The van der Waals surface area contributed by atoms with Gasteiger partial charge in [0.25, 0.3) is 5.91 Å². The van der Waals surface area contributed by atoms with Crippen molar-refractivity contribution in [3.63, 3.8) is 0 Å². The number of aliphatic hydroxyl groups excluding tert-OH is 1. The molecule has 11 heteroatoms. The van der Waals surface area contributed by atoms with Crippen molar-refractivity contribution in [1.82, 2.24) is 25.4 Å². The molecule has 3 N–H and O–H groups in total. The first-order valence-corrected chi connectivity index (χ1v) is 12.5. The molecule has 1 aromatic heterocycles. The van der Waals surface area contributed by atoms with Crippen LogP contribution in [0.5, 0.6) is 0 Å². The van der Waals surface area contributed by atoms with E-state index in [1.54, 1.807) is 17.0 Å². The molecule has 0 bridgehead atoms. The average Bonchev–Trinajstić information content (AvgIpc) is 3.43. The Morgan fingerprint density at radius 2 is 1.97 bits per heavy atom. The molecule has 1 fully saturated rings. The molecule has 1 amide bonds. The van der Waals surface area contributed by atoms with Crippen LogP contribution in [0.1, 0.15) is 58.4 Å². The average molecular weight is 530 g/mol. The van der Waals surface area contributed by atoms with Gasteiger partial charge in [0.2, 0.25) is 0 Å². The van der Waals surface area contributed by atoms with Crippen molar-refractivity contribution in [2.45, 2.75) is 50.6 Å². The van der Waals surface area contributed by atoms with Gasteiger partial charge in [0, 0.05) is 38.0 Å². The molecule has 2 aliphatic rings. The molecule has 1 saturated heterocycles. The molecule has 3 aromatic rings. The molecule has 3 heterocycles. The molecule has 0 aliphatic carbocycles. The highest BCUT2D eigenvalue weighted by molar-refractivity contribution is 6.05. The first-order valence-electron chi connectivity index (χ1n) is 12.5. The molecular formula is C27H30F3N5O3. The number of nitrogens with one attached hydrogen (secondary N) is 2. The molecule has 1 unspecified atom stereocenters. The van der Waals surface area contributed by atoms with Crippen LogP contribution in [-0.4, -0.2) is 51.6 Å². The number of ether oxygens (including phenoxy) is 1. The largest absolute Gasteiger partial charge is 0.416 e. The third-order valence-electron chi connectivity index (χ3n) is 7.26. The van der Waals surface area contributed by atoms with Crippen LogP contribution in [0.2, 0.25) is 0 Å². The fraction of sp³-hybridized carbons (Fsp3) is 0.444. The minimum absolute atomic E-state index is 0.0432. The van der Waals surface area contributed by atoms with Gasteiger partial charge < -0.3 is 25.0 Å². The van der Waals surface area contributed by atoms with Crippen molar-refractivity contribution in [1.29, 1.82) is 0 Å². The number of fused-ring (bicyclic) bond motifs is 1. The zero-order chi connectivity index (χ0) is 27.2. The summed E-state index contributed by atoms with van der Waals surface area (Å²) in [6.07, 6.45) is -3.80. The van der Waals surface area contributed by atoms with Gasteiger partial charge in [-0.1, -0.05) is 26.0 Å². The number of rotatable bonds is 8. The highest BCUT2D eigenvalue weighted by atomic mass is 19.4. The van der Waals surface area contributed by atoms with Crippen molar-refractivity contribution < 1.29 is 27.8 Å². The minimum atomic E-state index is -4.65. The molecule has 2 aromatic carbocycles. The van der Waals surface area contributed by atoms with E-state index in [1.807, 2.05) is 33.0 Å². The third kappa shape index (κ3) is 4.81. The summed E-state index contributed by atoms with van der Waals surface area (Å²) < 4.78 is 49.7. The molecule has 5 rings (SSSR count). The fourth-order valence-electron chi connectivity index (χ4n) is 5.15. The number of aromatic nitrogens is 3. The van der Waals surface area contributed by atoms with Crippen molar-refractivity contribution in [3.8, 4) is 11.1 Å². The number of aliphatic hydroxyl groups is 1. The summed E-state index contributed by atoms with van der Waals surface area (Å²) in [5.74, 6) is 0.357. The maximum absolute atomic E-state index is 14.1. The maximum Gasteiger partial charge on any atom is 0.416 e. The quantitative estimate of drug-likeness (QED) is 0.414. The summed E-state index contributed by atoms with van der Waals surface area (Å²) in [7, 11) is 1.82. The van der Waals surface area contributed by atoms with Crippen LogP contribution in [0.4, 0.5) is 13.2 Å². The van der Waals surface area contributed by atoms with Gasteiger partial charge in [-0.15, -0.1) is 10.2 Å². The Kier molecular flexibility index (Phi) is 6.79. The van der Waals surface area contributed by atoms with E-state index in [9.17, 15) is 23.1 Å². The highest BCUT2D eigenvalue weighted by Crippen LogP contribution is 2.45. The molecule has 0 radical (unpaired) electrons. The first kappa shape index (κ1) is 26.3. The number of hydrogen-bond acceptors (Lipinski definition) is 6. The summed E-state index contributed by atoms with van der Waals surface area (Å²) in [5.41, 5.74) is 1.06. The molecule has 202 valence electrons. The zero-order valence-electron chi connectivity index (χ0n) is 21.4. The van der Waals surface area contributed by atoms with Gasteiger partial charge in [-0.05, 0) is 46.0 Å². The van der Waals surface area contributed by atoms with Crippen LogP contribution in [0.3, 0.4) is 0 Å². The Bertz CT molecular complexity index is 1360. The Morgan fingerprint density at radius 3 is 2.58 bits per heavy atom. The molecule has 8 nitrogen and oxygen atoms in total. The number of alkyl halides is 3. The topological polar surface area (TPSA) is 101 Å². The minimum Gasteiger partial charge on any atom is -0.387 e. The zero-order valence-corrected chi connectivity index (χ0v) is 21.4. The first-order chi connectivity index (χ1) is 18.0. The lowest BCUT2D eigenvalue weighted by atomic mass is 9.71. The number of carbonyl (C=O) groups excluding carboxylic acids is 1. The van der Waals surface area contributed by atoms with Crippen LogP contribution in [0.15, 0.2) is 36.7 Å². The lowest BCUT2D eigenvalue weighted by Crippen LogP contribution is -2.49. The van der Waals surface area contributed by atoms with Gasteiger partial charge in [-0.25, -0.2) is 0 Å². The van der Waals surface area contributed by atoms with E-state index in [2.05, 4.69) is 20.8 Å². The number of halogens is 3. The summed E-state index contributed by atoms with van der Waals surface area (Å²) >= 11 is 0. The number of carbonyl (C=O) groups is 1. The van der Waals surface area contributed by atoms with Gasteiger partial charge in [0.15, 0.2) is 0 Å². The van der Waals surface area contributed by atoms with Crippen molar-refractivity contribution >= 4 is 5.91 Å². The lowest BCUT2D eigenvalue weighted by Gasteiger charge is -2.43. The number of nitrogens with zero attached hydrogens (tertiary/aromatic N) is 3. The second-order valence-electron chi connectivity index (χ2n) is 10.4. The molecule has 0 saturated carbocycles. The Morgan fingerprint density at radius 1 is 1.21 bits per heavy atom. The fourth-order valence-corrected chi connectivity index (χ4v) is 5.15. The SMILES string of the molecule is CC(C)NCC(O)c1cc(-c2c(C3(Cc4nncn4C)COC3)ccc3c2C(=O)NC3)cc(C(F)(F)F)c1. The van der Waals surface area contributed by atoms with E-state index in [4.69, 9.17) is 4.74 Å². The van der Waals surface area contributed by atoms with E-state index in [1.165, 1.54) is 0 Å². The van der Waals surface area contributed by atoms with E-state index in [-0.39, 0.29) is 29.6 Å². The number of hydrogen-bond donors (Lipinski definition) is 3. The predicted molar refractivity (Wildman–Crippen MR) is 133 cm³/mol. The molecule has 38 heavy (non-hydrogen) atoms. The van der Waals surface area contributed by atoms with Gasteiger partial charge in [0.1, 0.15) is 12.2 Å². The second kappa shape index (κ2) is 9.79. The smallest absolute Gasteiger partial charge is 0.387 e. The molecule has 0 spiro atoms. The van der Waals surface area contributed by atoms with Crippen LogP contribution < -0.4 is 10.6 Å². The predicted octanol–water partition coefficient (Wildman–Crippen LogP) is 3.29. The monoisotopic (exact) mass is 529 g/mol. The second-order valence-corrected chi connectivity index (χ2v) is 10.4. The third-order valence-corrected chi connectivity index (χ3v) is 7.26. The standard InChI is InChI=1S/C27H30F3N5O3/c1-15(2)31-11-21(36)17-6-18(8-19(7-17)27(28,29)30)23-20(5-4-16-10-32-25(37)24(16)23)26(12-38-13-26)9-22-34-33-14-35(22)3/h4-8,14-15,21,31,36H,9-13H2,1-3H3,(H,32,37). The van der Waals surface area contributed by atoms with Crippen LogP contribution in [0.25, 0.3) is 11.1 Å². The maximum atomic E-state index is 14.1. The van der Waals surface area contributed by atoms with Crippen molar-refractivity contribution in [2.75, 3.05) is 19.8 Å². The Balaban J connectivity index is 1.71. The normalized spacial score (nSPS) is 17.3.